The summed E-state index contributed by atoms with van der Waals surface area (Å²) < 4.78 is 18.5. The molecule has 0 aliphatic carbocycles. The maximum Gasteiger partial charge on any atom is 0.317 e. The quantitative estimate of drug-likeness (QED) is 0.617. The summed E-state index contributed by atoms with van der Waals surface area (Å²) in [5, 5.41) is 2.70. The molecule has 0 saturated heterocycles. The minimum atomic E-state index is -0.901. The molecule has 1 amide bonds. The molecule has 4 nitrogen and oxygen atoms in total. The molecule has 0 aliphatic heterocycles. The first-order valence-electron chi connectivity index (χ1n) is 7.44. The van der Waals surface area contributed by atoms with Gasteiger partial charge in [0.05, 0.1) is 5.75 Å². The normalized spacial score (nSPS) is 11.6. The van der Waals surface area contributed by atoms with E-state index >= 15 is 0 Å². The lowest BCUT2D eigenvalue weighted by Crippen LogP contribution is -2.35. The summed E-state index contributed by atoms with van der Waals surface area (Å²) in [6.07, 6.45) is -0.901. The van der Waals surface area contributed by atoms with E-state index in [9.17, 15) is 14.0 Å². The molecule has 2 rings (SSSR count). The van der Waals surface area contributed by atoms with E-state index in [1.54, 1.807) is 18.2 Å². The van der Waals surface area contributed by atoms with Gasteiger partial charge in [0.1, 0.15) is 5.82 Å². The molecular weight excluding hydrogens is 329 g/mol. The second-order valence-corrected chi connectivity index (χ2v) is 6.07. The Hall–Kier alpha value is -2.34. The van der Waals surface area contributed by atoms with Gasteiger partial charge in [0.25, 0.3) is 5.91 Å². The molecule has 0 spiro atoms. The van der Waals surface area contributed by atoms with Crippen LogP contribution in [0, 0.1) is 5.82 Å². The monoisotopic (exact) mass is 347 g/mol. The Kier molecular flexibility index (Phi) is 6.81. The first-order valence-corrected chi connectivity index (χ1v) is 8.43. The lowest BCUT2D eigenvalue weighted by molar-refractivity contribution is -0.152. The van der Waals surface area contributed by atoms with Crippen LogP contribution >= 0.6 is 11.8 Å². The van der Waals surface area contributed by atoms with Crippen LogP contribution < -0.4 is 5.32 Å². The minimum Gasteiger partial charge on any atom is -0.452 e. The first-order chi connectivity index (χ1) is 11.6. The lowest BCUT2D eigenvalue weighted by Gasteiger charge is -2.13. The topological polar surface area (TPSA) is 55.4 Å². The number of thioether (sulfide) groups is 1. The van der Waals surface area contributed by atoms with E-state index in [0.29, 0.717) is 11.4 Å². The Morgan fingerprint density at radius 3 is 2.50 bits per heavy atom. The molecule has 0 bridgehead atoms. The number of nitrogens with one attached hydrogen (secondary N) is 1. The third kappa shape index (κ3) is 5.70. The largest absolute Gasteiger partial charge is 0.452 e. The minimum absolute atomic E-state index is 0.0583. The van der Waals surface area contributed by atoms with Crippen LogP contribution in [-0.4, -0.2) is 23.7 Å². The van der Waals surface area contributed by atoms with E-state index in [4.69, 9.17) is 4.74 Å². The van der Waals surface area contributed by atoms with Gasteiger partial charge in [0, 0.05) is 11.4 Å². The van der Waals surface area contributed by atoms with Crippen molar-refractivity contribution < 1.29 is 18.7 Å². The number of carbonyl (C=O) groups excluding carboxylic acids is 2. The lowest BCUT2D eigenvalue weighted by atomic mass is 10.2. The third-order valence-corrected chi connectivity index (χ3v) is 4.19. The van der Waals surface area contributed by atoms with Crippen molar-refractivity contribution >= 4 is 23.6 Å². The van der Waals surface area contributed by atoms with Crippen LogP contribution in [0.2, 0.25) is 0 Å². The Balaban J connectivity index is 1.74. The molecule has 0 saturated carbocycles. The van der Waals surface area contributed by atoms with Crippen LogP contribution in [0.15, 0.2) is 59.5 Å². The Morgan fingerprint density at radius 1 is 1.12 bits per heavy atom. The summed E-state index contributed by atoms with van der Waals surface area (Å²) in [7, 11) is 0. The standard InChI is InChI=1S/C18H18FNO3S/c1-13(18(22)20-11-14-7-3-2-4-8-14)23-17(21)12-24-16-10-6-5-9-15(16)19/h2-10,13H,11-12H2,1H3,(H,20,22)/t13-/m1/s1. The number of rotatable bonds is 7. The van der Waals surface area contributed by atoms with Crippen LogP contribution in [-0.2, 0) is 20.9 Å². The average Bonchev–Trinajstić information content (AvgIpc) is 2.59. The third-order valence-electron chi connectivity index (χ3n) is 3.17. The van der Waals surface area contributed by atoms with Crippen molar-refractivity contribution in [2.75, 3.05) is 5.75 Å². The van der Waals surface area contributed by atoms with Crippen LogP contribution in [0.3, 0.4) is 0 Å². The summed E-state index contributed by atoms with van der Waals surface area (Å²) >= 11 is 1.04. The fourth-order valence-electron chi connectivity index (χ4n) is 1.91. The summed E-state index contributed by atoms with van der Waals surface area (Å²) in [4.78, 5) is 24.1. The van der Waals surface area contributed by atoms with Crippen molar-refractivity contribution in [3.63, 3.8) is 0 Å². The zero-order valence-electron chi connectivity index (χ0n) is 13.2. The molecular formula is C18H18FNO3S. The van der Waals surface area contributed by atoms with Crippen molar-refractivity contribution in [3.8, 4) is 0 Å². The molecule has 126 valence electrons. The number of amides is 1. The second kappa shape index (κ2) is 9.08. The average molecular weight is 347 g/mol. The van der Waals surface area contributed by atoms with E-state index in [1.165, 1.54) is 13.0 Å². The molecule has 0 fully saturated rings. The van der Waals surface area contributed by atoms with Crippen molar-refractivity contribution in [1.82, 2.24) is 5.32 Å². The number of benzene rings is 2. The number of carbonyl (C=O) groups is 2. The number of hydrogen-bond acceptors (Lipinski definition) is 4. The number of halogens is 1. The van der Waals surface area contributed by atoms with E-state index in [-0.39, 0.29) is 17.5 Å². The van der Waals surface area contributed by atoms with Gasteiger partial charge in [-0.25, -0.2) is 4.39 Å². The molecule has 0 unspecified atom stereocenters. The van der Waals surface area contributed by atoms with E-state index in [1.807, 2.05) is 30.3 Å². The number of esters is 1. The molecule has 0 radical (unpaired) electrons. The molecule has 2 aromatic rings. The second-order valence-electron chi connectivity index (χ2n) is 5.05. The van der Waals surface area contributed by atoms with E-state index < -0.39 is 12.1 Å². The van der Waals surface area contributed by atoms with Gasteiger partial charge in [0.2, 0.25) is 0 Å². The van der Waals surface area contributed by atoms with Gasteiger partial charge in [0.15, 0.2) is 6.10 Å². The smallest absolute Gasteiger partial charge is 0.317 e. The predicted molar refractivity (Wildman–Crippen MR) is 91.0 cm³/mol. The molecule has 0 aromatic heterocycles. The molecule has 6 heteroatoms. The molecule has 1 atom stereocenters. The fraction of sp³-hybridized carbons (Fsp3) is 0.222. The molecule has 24 heavy (non-hydrogen) atoms. The predicted octanol–water partition coefficient (Wildman–Crippen LogP) is 3.17. The Labute approximate surface area is 144 Å². The van der Waals surface area contributed by atoms with Gasteiger partial charge < -0.3 is 10.1 Å². The summed E-state index contributed by atoms with van der Waals surface area (Å²) in [6, 6.07) is 15.6. The van der Waals surface area contributed by atoms with Gasteiger partial charge in [-0.05, 0) is 24.6 Å². The number of ether oxygens (including phenoxy) is 1. The highest BCUT2D eigenvalue weighted by Gasteiger charge is 2.18. The fourth-order valence-corrected chi connectivity index (χ4v) is 2.63. The van der Waals surface area contributed by atoms with Gasteiger partial charge in [-0.1, -0.05) is 42.5 Å². The highest BCUT2D eigenvalue weighted by Crippen LogP contribution is 2.21. The van der Waals surface area contributed by atoms with Crippen LogP contribution in [0.4, 0.5) is 4.39 Å². The van der Waals surface area contributed by atoms with Crippen LogP contribution in [0.5, 0.6) is 0 Å². The Bertz CT molecular complexity index is 694. The van der Waals surface area contributed by atoms with Crippen LogP contribution in [0.1, 0.15) is 12.5 Å². The van der Waals surface area contributed by atoms with Crippen molar-refractivity contribution in [1.29, 1.82) is 0 Å². The molecule has 2 aromatic carbocycles. The maximum atomic E-state index is 13.5. The van der Waals surface area contributed by atoms with Crippen LogP contribution in [0.25, 0.3) is 0 Å². The van der Waals surface area contributed by atoms with Gasteiger partial charge in [-0.3, -0.25) is 9.59 Å². The Morgan fingerprint density at radius 2 is 1.79 bits per heavy atom. The van der Waals surface area contributed by atoms with Crippen molar-refractivity contribution in [3.05, 3.63) is 66.0 Å². The highest BCUT2D eigenvalue weighted by molar-refractivity contribution is 8.00. The molecule has 0 aliphatic rings. The molecule has 1 N–H and O–H groups in total. The van der Waals surface area contributed by atoms with Crippen molar-refractivity contribution in [2.45, 2.75) is 24.5 Å². The summed E-state index contributed by atoms with van der Waals surface area (Å²) in [6.45, 7) is 1.87. The maximum absolute atomic E-state index is 13.5. The van der Waals surface area contributed by atoms with Gasteiger partial charge >= 0.3 is 5.97 Å². The van der Waals surface area contributed by atoms with E-state index in [2.05, 4.69) is 5.32 Å². The number of hydrogen-bond donors (Lipinski definition) is 1. The van der Waals surface area contributed by atoms with Gasteiger partial charge in [-0.2, -0.15) is 0 Å². The summed E-state index contributed by atoms with van der Waals surface area (Å²) in [5.41, 5.74) is 0.958. The van der Waals surface area contributed by atoms with Gasteiger partial charge in [-0.15, -0.1) is 11.8 Å². The zero-order valence-corrected chi connectivity index (χ0v) is 14.0. The first kappa shape index (κ1) is 18.0. The highest BCUT2D eigenvalue weighted by atomic mass is 32.2. The SMILES string of the molecule is C[C@@H](OC(=O)CSc1ccccc1F)C(=O)NCc1ccccc1. The molecule has 0 heterocycles. The zero-order chi connectivity index (χ0) is 17.4. The van der Waals surface area contributed by atoms with Crippen molar-refractivity contribution in [2.24, 2.45) is 0 Å². The van der Waals surface area contributed by atoms with E-state index in [0.717, 1.165) is 17.3 Å². The summed E-state index contributed by atoms with van der Waals surface area (Å²) in [5.74, 6) is -1.38.